The van der Waals surface area contributed by atoms with Gasteiger partial charge in [0.15, 0.2) is 0 Å². The van der Waals surface area contributed by atoms with Crippen molar-refractivity contribution >= 4 is 30.7 Å². The Kier molecular flexibility index (Phi) is 9.07. The van der Waals surface area contributed by atoms with E-state index in [9.17, 15) is 4.79 Å². The second kappa shape index (κ2) is 9.08. The number of carbonyl (C=O) groups excluding carboxylic acids is 1. The van der Waals surface area contributed by atoms with Gasteiger partial charge in [0.05, 0.1) is 5.54 Å². The van der Waals surface area contributed by atoms with Crippen LogP contribution < -0.4 is 10.6 Å². The van der Waals surface area contributed by atoms with Crippen LogP contribution in [0.4, 0.5) is 0 Å². The molecule has 0 aromatic heterocycles. The van der Waals surface area contributed by atoms with Crippen molar-refractivity contribution < 1.29 is 4.79 Å². The monoisotopic (exact) mass is 325 g/mol. The van der Waals surface area contributed by atoms with E-state index in [4.69, 9.17) is 0 Å². The highest BCUT2D eigenvalue weighted by atomic mass is 35.5. The summed E-state index contributed by atoms with van der Waals surface area (Å²) in [5.41, 5.74) is -0.283. The highest BCUT2D eigenvalue weighted by Crippen LogP contribution is 2.23. The van der Waals surface area contributed by atoms with E-state index in [1.54, 1.807) is 0 Å². The molecule has 0 spiro atoms. The molecule has 2 N–H and O–H groups in total. The van der Waals surface area contributed by atoms with Gasteiger partial charge in [0.25, 0.3) is 0 Å². The molecule has 4 nitrogen and oxygen atoms in total. The first-order chi connectivity index (χ1) is 8.70. The van der Waals surface area contributed by atoms with Crippen LogP contribution in [0.3, 0.4) is 0 Å². The lowest BCUT2D eigenvalue weighted by atomic mass is 9.92. The van der Waals surface area contributed by atoms with E-state index in [-0.39, 0.29) is 36.3 Å². The Labute approximate surface area is 135 Å². The van der Waals surface area contributed by atoms with Crippen LogP contribution in [0.15, 0.2) is 0 Å². The van der Waals surface area contributed by atoms with E-state index in [1.807, 2.05) is 0 Å². The van der Waals surface area contributed by atoms with Crippen LogP contribution in [0.5, 0.6) is 0 Å². The molecule has 6 heteroatoms. The fourth-order valence-corrected chi connectivity index (χ4v) is 3.25. The Hall–Kier alpha value is -0.0300. The third-order valence-corrected chi connectivity index (χ3v) is 4.57. The maximum absolute atomic E-state index is 12.5. The Morgan fingerprint density at radius 3 is 2.65 bits per heavy atom. The van der Waals surface area contributed by atoms with Gasteiger partial charge in [0.2, 0.25) is 5.91 Å². The van der Waals surface area contributed by atoms with Crippen LogP contribution in [-0.2, 0) is 4.79 Å². The number of nitrogens with zero attached hydrogens (tertiary/aromatic N) is 1. The van der Waals surface area contributed by atoms with Crippen molar-refractivity contribution in [2.75, 3.05) is 26.2 Å². The molecule has 2 heterocycles. The average molecular weight is 326 g/mol. The molecule has 2 atom stereocenters. The van der Waals surface area contributed by atoms with Crippen molar-refractivity contribution in [2.24, 2.45) is 0 Å². The quantitative estimate of drug-likeness (QED) is 0.830. The van der Waals surface area contributed by atoms with Crippen molar-refractivity contribution in [1.82, 2.24) is 15.5 Å². The van der Waals surface area contributed by atoms with Crippen LogP contribution in [0.25, 0.3) is 0 Å². The zero-order valence-corrected chi connectivity index (χ0v) is 14.2. The molecule has 1 amide bonds. The molecule has 2 unspecified atom stereocenters. The maximum Gasteiger partial charge on any atom is 0.240 e. The van der Waals surface area contributed by atoms with Crippen LogP contribution in [0, 0.1) is 0 Å². The number of hydrogen-bond donors (Lipinski definition) is 2. The highest BCUT2D eigenvalue weighted by Gasteiger charge is 2.40. The molecule has 120 valence electrons. The molecule has 0 bridgehead atoms. The van der Waals surface area contributed by atoms with Crippen LogP contribution in [-0.4, -0.2) is 48.6 Å². The van der Waals surface area contributed by atoms with Gasteiger partial charge in [0, 0.05) is 12.6 Å². The molecular formula is C14H29Cl2N3O. The fourth-order valence-electron chi connectivity index (χ4n) is 3.25. The minimum Gasteiger partial charge on any atom is -0.350 e. The number of nitrogens with one attached hydrogen (secondary N) is 2. The minimum atomic E-state index is -0.283. The Morgan fingerprint density at radius 1 is 1.35 bits per heavy atom. The van der Waals surface area contributed by atoms with Gasteiger partial charge in [0.1, 0.15) is 0 Å². The van der Waals surface area contributed by atoms with Gasteiger partial charge in [-0.1, -0.05) is 13.8 Å². The third kappa shape index (κ3) is 4.48. The molecule has 20 heavy (non-hydrogen) atoms. The molecule has 2 rings (SSSR count). The van der Waals surface area contributed by atoms with E-state index in [0.29, 0.717) is 6.04 Å². The smallest absolute Gasteiger partial charge is 0.240 e. The van der Waals surface area contributed by atoms with Crippen molar-refractivity contribution in [1.29, 1.82) is 0 Å². The molecule has 2 fully saturated rings. The number of piperidine rings is 1. The molecule has 2 aliphatic rings. The number of amides is 1. The fraction of sp³-hybridized carbons (Fsp3) is 0.929. The Morgan fingerprint density at radius 2 is 2.10 bits per heavy atom. The van der Waals surface area contributed by atoms with Gasteiger partial charge in [-0.3, -0.25) is 4.79 Å². The van der Waals surface area contributed by atoms with Gasteiger partial charge in [-0.2, -0.15) is 0 Å². The normalized spacial score (nSPS) is 30.2. The summed E-state index contributed by atoms with van der Waals surface area (Å²) in [6.07, 6.45) is 5.32. The third-order valence-electron chi connectivity index (χ3n) is 4.57. The summed E-state index contributed by atoms with van der Waals surface area (Å²) in [5.74, 6) is 0.227. The maximum atomic E-state index is 12.5. The number of halogens is 2. The van der Waals surface area contributed by atoms with Gasteiger partial charge in [-0.05, 0) is 51.7 Å². The van der Waals surface area contributed by atoms with Gasteiger partial charge >= 0.3 is 0 Å². The lowest BCUT2D eigenvalue weighted by molar-refractivity contribution is -0.128. The van der Waals surface area contributed by atoms with Crippen LogP contribution >= 0.6 is 24.8 Å². The van der Waals surface area contributed by atoms with Crippen LogP contribution in [0.2, 0.25) is 0 Å². The molecule has 0 aromatic rings. The first-order valence-electron chi connectivity index (χ1n) is 7.48. The summed E-state index contributed by atoms with van der Waals surface area (Å²) >= 11 is 0. The summed E-state index contributed by atoms with van der Waals surface area (Å²) in [7, 11) is 0. The van der Waals surface area contributed by atoms with Gasteiger partial charge in [-0.15, -0.1) is 24.8 Å². The van der Waals surface area contributed by atoms with Crippen molar-refractivity contribution in [3.05, 3.63) is 0 Å². The molecule has 0 radical (unpaired) electrons. The van der Waals surface area contributed by atoms with E-state index in [0.717, 1.165) is 45.3 Å². The summed E-state index contributed by atoms with van der Waals surface area (Å²) in [4.78, 5) is 14.9. The Balaban J connectivity index is 0.00000180. The number of likely N-dealkylation sites (N-methyl/N-ethyl adjacent to an activating group) is 1. The minimum absolute atomic E-state index is 0. The predicted octanol–water partition coefficient (Wildman–Crippen LogP) is 1.96. The summed E-state index contributed by atoms with van der Waals surface area (Å²) in [6, 6.07) is 0.344. The number of hydrogen-bond acceptors (Lipinski definition) is 3. The van der Waals surface area contributed by atoms with Crippen molar-refractivity contribution in [3.8, 4) is 0 Å². The SMILES string of the molecule is CCN1CCCC(NC(=O)C2(CC)CCCN2)C1.Cl.Cl. The van der Waals surface area contributed by atoms with Gasteiger partial charge in [-0.25, -0.2) is 0 Å². The van der Waals surface area contributed by atoms with Crippen LogP contribution in [0.1, 0.15) is 46.0 Å². The number of carbonyl (C=O) groups is 1. The molecule has 2 aliphatic heterocycles. The molecule has 0 aliphatic carbocycles. The van der Waals surface area contributed by atoms with Crippen molar-refractivity contribution in [2.45, 2.75) is 57.5 Å². The zero-order chi connectivity index (χ0) is 13.0. The van der Waals surface area contributed by atoms with E-state index < -0.39 is 0 Å². The lowest BCUT2D eigenvalue weighted by Gasteiger charge is -2.35. The first-order valence-corrected chi connectivity index (χ1v) is 7.48. The zero-order valence-electron chi connectivity index (χ0n) is 12.6. The first kappa shape index (κ1) is 20.0. The second-order valence-corrected chi connectivity index (χ2v) is 5.67. The topological polar surface area (TPSA) is 44.4 Å². The summed E-state index contributed by atoms with van der Waals surface area (Å²) < 4.78 is 0. The number of likely N-dealkylation sites (tertiary alicyclic amines) is 1. The molecular weight excluding hydrogens is 297 g/mol. The summed E-state index contributed by atoms with van der Waals surface area (Å²) in [6.45, 7) is 8.56. The largest absolute Gasteiger partial charge is 0.350 e. The number of rotatable bonds is 4. The highest BCUT2D eigenvalue weighted by molar-refractivity contribution is 5.87. The average Bonchev–Trinajstić information content (AvgIpc) is 2.89. The second-order valence-electron chi connectivity index (χ2n) is 5.67. The van der Waals surface area contributed by atoms with E-state index in [2.05, 4.69) is 29.4 Å². The Bertz CT molecular complexity index is 296. The van der Waals surface area contributed by atoms with Gasteiger partial charge < -0.3 is 15.5 Å². The summed E-state index contributed by atoms with van der Waals surface area (Å²) in [5, 5.41) is 6.68. The van der Waals surface area contributed by atoms with E-state index >= 15 is 0 Å². The molecule has 0 aromatic carbocycles. The molecule has 2 saturated heterocycles. The predicted molar refractivity (Wildman–Crippen MR) is 88.0 cm³/mol. The van der Waals surface area contributed by atoms with Crippen molar-refractivity contribution in [3.63, 3.8) is 0 Å². The van der Waals surface area contributed by atoms with E-state index in [1.165, 1.54) is 13.0 Å². The standard InChI is InChI=1S/C14H27N3O.2ClH/c1-3-14(8-6-9-15-14)13(18)16-12-7-5-10-17(4-2)11-12;;/h12,15H,3-11H2,1-2H3,(H,16,18);2*1H. The molecule has 0 saturated carbocycles. The lowest BCUT2D eigenvalue weighted by Crippen LogP contribution is -2.58.